The Morgan fingerprint density at radius 1 is 1.17 bits per heavy atom. The molecule has 5 nitrogen and oxygen atoms in total. The second-order valence-corrected chi connectivity index (χ2v) is 9.09. The van der Waals surface area contributed by atoms with Crippen LogP contribution in [0, 0.1) is 0 Å². The molecule has 0 spiro atoms. The molecule has 3 aromatic rings. The molecular weight excluding hydrogens is 394 g/mol. The van der Waals surface area contributed by atoms with Crippen molar-refractivity contribution < 1.29 is 9.53 Å². The van der Waals surface area contributed by atoms with Gasteiger partial charge in [0.1, 0.15) is 10.8 Å². The first-order chi connectivity index (χ1) is 14.7. The van der Waals surface area contributed by atoms with E-state index in [1.54, 1.807) is 7.11 Å². The van der Waals surface area contributed by atoms with Gasteiger partial charge in [-0.2, -0.15) is 0 Å². The number of nitrogens with one attached hydrogen (secondary N) is 1. The average molecular weight is 422 g/mol. The van der Waals surface area contributed by atoms with Gasteiger partial charge >= 0.3 is 6.03 Å². The Labute approximate surface area is 181 Å². The molecule has 0 unspecified atom stereocenters. The molecule has 0 bridgehead atoms. The molecule has 3 heterocycles. The Bertz CT molecular complexity index is 1070. The summed E-state index contributed by atoms with van der Waals surface area (Å²) in [6.07, 6.45) is 7.83. The predicted octanol–water partition coefficient (Wildman–Crippen LogP) is 5.93. The quantitative estimate of drug-likeness (QED) is 0.570. The fourth-order valence-corrected chi connectivity index (χ4v) is 6.18. The molecule has 156 valence electrons. The maximum atomic E-state index is 13.5. The van der Waals surface area contributed by atoms with Crippen LogP contribution in [0.15, 0.2) is 42.6 Å². The molecular formula is C24H27N3O2S. The summed E-state index contributed by atoms with van der Waals surface area (Å²) in [5.41, 5.74) is 4.80. The number of hydrogen-bond acceptors (Lipinski definition) is 3. The lowest BCUT2D eigenvalue weighted by atomic mass is 9.95. The first-order valence-electron chi connectivity index (χ1n) is 10.7. The van der Waals surface area contributed by atoms with Crippen LogP contribution in [0.2, 0.25) is 0 Å². The third-order valence-corrected chi connectivity index (χ3v) is 7.63. The Kier molecular flexibility index (Phi) is 5.03. The number of rotatable bonds is 3. The molecule has 0 radical (unpaired) electrons. The third kappa shape index (κ3) is 3.19. The van der Waals surface area contributed by atoms with E-state index in [1.165, 1.54) is 46.0 Å². The predicted molar refractivity (Wildman–Crippen MR) is 121 cm³/mol. The number of thiophene rings is 1. The van der Waals surface area contributed by atoms with Crippen LogP contribution in [0.3, 0.4) is 0 Å². The molecule has 2 amide bonds. The molecule has 30 heavy (non-hydrogen) atoms. The summed E-state index contributed by atoms with van der Waals surface area (Å²) >= 11 is 1.92. The van der Waals surface area contributed by atoms with E-state index in [0.717, 1.165) is 24.3 Å². The number of anilines is 1. The maximum absolute atomic E-state index is 13.5. The zero-order valence-corrected chi connectivity index (χ0v) is 18.3. The van der Waals surface area contributed by atoms with Gasteiger partial charge in [-0.15, -0.1) is 11.3 Å². The highest BCUT2D eigenvalue weighted by atomic mass is 32.1. The van der Waals surface area contributed by atoms with Crippen molar-refractivity contribution in [3.63, 3.8) is 0 Å². The van der Waals surface area contributed by atoms with Gasteiger partial charge in [-0.25, -0.2) is 4.79 Å². The van der Waals surface area contributed by atoms with Crippen LogP contribution in [0.4, 0.5) is 10.5 Å². The second kappa shape index (κ2) is 7.84. The van der Waals surface area contributed by atoms with Gasteiger partial charge in [-0.05, 0) is 74.1 Å². The highest BCUT2D eigenvalue weighted by molar-refractivity contribution is 7.15. The van der Waals surface area contributed by atoms with E-state index in [9.17, 15) is 4.79 Å². The molecule has 0 saturated carbocycles. The van der Waals surface area contributed by atoms with Crippen LogP contribution in [-0.2, 0) is 19.4 Å². The monoisotopic (exact) mass is 421 g/mol. The van der Waals surface area contributed by atoms with Gasteiger partial charge in [0.05, 0.1) is 19.7 Å². The Balaban J connectivity index is 1.53. The number of ether oxygens (including phenoxy) is 1. The lowest BCUT2D eigenvalue weighted by Gasteiger charge is -2.30. The van der Waals surface area contributed by atoms with Gasteiger partial charge in [0.25, 0.3) is 0 Å². The molecule has 1 aromatic carbocycles. The highest BCUT2D eigenvalue weighted by Crippen LogP contribution is 2.43. The molecule has 0 saturated heterocycles. The fraction of sp³-hybridized carbons (Fsp3) is 0.375. The number of urea groups is 1. The van der Waals surface area contributed by atoms with Crippen LogP contribution in [0.5, 0.6) is 5.75 Å². The minimum Gasteiger partial charge on any atom is -0.497 e. The Morgan fingerprint density at radius 3 is 2.73 bits per heavy atom. The van der Waals surface area contributed by atoms with E-state index in [0.29, 0.717) is 6.54 Å². The van der Waals surface area contributed by atoms with Gasteiger partial charge < -0.3 is 19.5 Å². The minimum atomic E-state index is -0.0524. The van der Waals surface area contributed by atoms with Gasteiger partial charge in [-0.3, -0.25) is 0 Å². The normalized spacial score (nSPS) is 17.5. The minimum absolute atomic E-state index is 0.0390. The molecule has 5 rings (SSSR count). The average Bonchev–Trinajstić information content (AvgIpc) is 3.36. The zero-order chi connectivity index (χ0) is 20.7. The summed E-state index contributed by atoms with van der Waals surface area (Å²) in [5, 5.41) is 4.41. The lowest BCUT2D eigenvalue weighted by Crippen LogP contribution is -2.37. The van der Waals surface area contributed by atoms with Crippen molar-refractivity contribution in [1.82, 2.24) is 9.47 Å². The zero-order valence-electron chi connectivity index (χ0n) is 17.5. The van der Waals surface area contributed by atoms with Crippen molar-refractivity contribution >= 4 is 23.1 Å². The smallest absolute Gasteiger partial charge is 0.322 e. The number of hydrogen-bond donors (Lipinski definition) is 1. The molecule has 1 N–H and O–H groups in total. The summed E-state index contributed by atoms with van der Waals surface area (Å²) in [6, 6.07) is 11.8. The van der Waals surface area contributed by atoms with Crippen molar-refractivity contribution in [2.45, 2.75) is 51.6 Å². The summed E-state index contributed by atoms with van der Waals surface area (Å²) in [5.74, 6) is 0.779. The molecule has 1 aliphatic carbocycles. The van der Waals surface area contributed by atoms with Crippen LogP contribution >= 0.6 is 11.3 Å². The van der Waals surface area contributed by atoms with E-state index in [-0.39, 0.29) is 12.1 Å². The third-order valence-electron chi connectivity index (χ3n) is 6.29. The van der Waals surface area contributed by atoms with E-state index >= 15 is 0 Å². The molecule has 2 aromatic heterocycles. The number of amides is 2. The van der Waals surface area contributed by atoms with Crippen LogP contribution in [0.1, 0.15) is 53.9 Å². The van der Waals surface area contributed by atoms with Gasteiger partial charge in [0.15, 0.2) is 0 Å². The first-order valence-corrected chi connectivity index (χ1v) is 11.5. The van der Waals surface area contributed by atoms with Crippen molar-refractivity contribution in [2.75, 3.05) is 12.4 Å². The van der Waals surface area contributed by atoms with Crippen molar-refractivity contribution in [3.05, 3.63) is 64.3 Å². The number of fused-ring (bicyclic) bond motifs is 5. The SMILES string of the molecule is CC[C@@H]1c2cccn2-c2sc3c(c2CN1C(=O)Nc1ccc(OC)cc1)CCCC3. The summed E-state index contributed by atoms with van der Waals surface area (Å²) in [4.78, 5) is 17.0. The van der Waals surface area contributed by atoms with Crippen molar-refractivity contribution in [2.24, 2.45) is 0 Å². The summed E-state index contributed by atoms with van der Waals surface area (Å²) in [7, 11) is 1.64. The molecule has 1 atom stereocenters. The van der Waals surface area contributed by atoms with E-state index in [4.69, 9.17) is 4.74 Å². The van der Waals surface area contributed by atoms with E-state index in [1.807, 2.05) is 40.5 Å². The molecule has 1 aliphatic heterocycles. The van der Waals surface area contributed by atoms with Gasteiger partial charge in [-0.1, -0.05) is 6.92 Å². The van der Waals surface area contributed by atoms with Gasteiger partial charge in [0.2, 0.25) is 0 Å². The number of aromatic nitrogens is 1. The van der Waals surface area contributed by atoms with Crippen LogP contribution < -0.4 is 10.1 Å². The van der Waals surface area contributed by atoms with Gasteiger partial charge in [0, 0.05) is 28.0 Å². The Morgan fingerprint density at radius 2 is 1.97 bits per heavy atom. The standard InChI is InChI=1S/C24H27N3O2S/c1-3-20-21-8-6-14-26(21)23-19(18-7-4-5-9-22(18)30-23)15-27(20)24(28)25-16-10-12-17(29-2)13-11-16/h6,8,10-14,20H,3-5,7,9,15H2,1-2H3,(H,25,28)/t20-/m1/s1. The first kappa shape index (κ1) is 19.2. The van der Waals surface area contributed by atoms with Crippen molar-refractivity contribution in [3.8, 4) is 10.8 Å². The van der Waals surface area contributed by atoms with E-state index in [2.05, 4.69) is 35.1 Å². The lowest BCUT2D eigenvalue weighted by molar-refractivity contribution is 0.181. The fourth-order valence-electron chi connectivity index (χ4n) is 4.78. The molecule has 6 heteroatoms. The van der Waals surface area contributed by atoms with Crippen molar-refractivity contribution in [1.29, 1.82) is 0 Å². The Hall–Kier alpha value is -2.73. The summed E-state index contributed by atoms with van der Waals surface area (Å²) < 4.78 is 7.56. The maximum Gasteiger partial charge on any atom is 0.322 e. The topological polar surface area (TPSA) is 46.5 Å². The number of methoxy groups -OCH3 is 1. The molecule has 2 aliphatic rings. The summed E-state index contributed by atoms with van der Waals surface area (Å²) in [6.45, 7) is 2.81. The highest BCUT2D eigenvalue weighted by Gasteiger charge is 2.34. The van der Waals surface area contributed by atoms with E-state index < -0.39 is 0 Å². The van der Waals surface area contributed by atoms with Crippen LogP contribution in [0.25, 0.3) is 5.00 Å². The number of aryl methyl sites for hydroxylation is 1. The number of carbonyl (C=O) groups excluding carboxylic acids is 1. The number of carbonyl (C=O) groups is 1. The second-order valence-electron chi connectivity index (χ2n) is 8.01. The van der Waals surface area contributed by atoms with Crippen LogP contribution in [-0.4, -0.2) is 22.6 Å². The number of benzene rings is 1. The molecule has 0 fully saturated rings. The number of nitrogens with zero attached hydrogens (tertiary/aromatic N) is 2. The largest absolute Gasteiger partial charge is 0.497 e.